The summed E-state index contributed by atoms with van der Waals surface area (Å²) < 4.78 is 0. The molecule has 0 saturated carbocycles. The van der Waals surface area contributed by atoms with Gasteiger partial charge in [0.2, 0.25) is 5.91 Å². The van der Waals surface area contributed by atoms with E-state index in [1.807, 2.05) is 31.2 Å². The molecule has 0 unspecified atom stereocenters. The fourth-order valence-corrected chi connectivity index (χ4v) is 2.38. The Kier molecular flexibility index (Phi) is 9.58. The van der Waals surface area contributed by atoms with E-state index in [2.05, 4.69) is 34.8 Å². The first-order chi connectivity index (χ1) is 11.6. The van der Waals surface area contributed by atoms with E-state index in [-0.39, 0.29) is 5.91 Å². The van der Waals surface area contributed by atoms with Crippen LogP contribution >= 0.6 is 0 Å². The summed E-state index contributed by atoms with van der Waals surface area (Å²) in [4.78, 5) is 15.8. The Morgan fingerprint density at radius 3 is 2.29 bits per heavy atom. The van der Waals surface area contributed by atoms with Crippen molar-refractivity contribution in [3.8, 4) is 0 Å². The molecule has 0 aliphatic rings. The number of guanidine groups is 1. The van der Waals surface area contributed by atoms with Crippen LogP contribution in [0.15, 0.2) is 29.3 Å². The summed E-state index contributed by atoms with van der Waals surface area (Å²) in [5.74, 6) is 1.56. The Hall–Kier alpha value is -2.04. The van der Waals surface area contributed by atoms with E-state index in [0.717, 1.165) is 30.2 Å². The molecule has 1 amide bonds. The Labute approximate surface area is 146 Å². The van der Waals surface area contributed by atoms with Crippen LogP contribution in [0.4, 0.5) is 5.69 Å². The molecule has 0 aromatic heterocycles. The molecule has 24 heavy (non-hydrogen) atoms. The van der Waals surface area contributed by atoms with Gasteiger partial charge in [-0.05, 0) is 30.0 Å². The third-order valence-electron chi connectivity index (χ3n) is 4.11. The molecule has 0 spiro atoms. The van der Waals surface area contributed by atoms with Crippen LogP contribution in [-0.4, -0.2) is 25.5 Å². The first-order valence-corrected chi connectivity index (χ1v) is 8.96. The summed E-state index contributed by atoms with van der Waals surface area (Å²) in [6.45, 7) is 8.07. The van der Waals surface area contributed by atoms with Gasteiger partial charge in [0.1, 0.15) is 0 Å². The molecule has 0 fully saturated rings. The van der Waals surface area contributed by atoms with Crippen molar-refractivity contribution in [1.82, 2.24) is 10.6 Å². The first-order valence-electron chi connectivity index (χ1n) is 8.96. The SMILES string of the molecule is CCCC(=O)Nc1ccc(CNC(=NC)NCC(CC)CC)cc1. The second-order valence-corrected chi connectivity index (χ2v) is 5.98. The van der Waals surface area contributed by atoms with Crippen LogP contribution in [0.5, 0.6) is 0 Å². The molecule has 0 heterocycles. The van der Waals surface area contributed by atoms with E-state index in [1.165, 1.54) is 12.8 Å². The topological polar surface area (TPSA) is 65.5 Å². The summed E-state index contributed by atoms with van der Waals surface area (Å²) in [5.41, 5.74) is 1.99. The van der Waals surface area contributed by atoms with Crippen molar-refractivity contribution in [3.63, 3.8) is 0 Å². The van der Waals surface area contributed by atoms with Gasteiger partial charge >= 0.3 is 0 Å². The summed E-state index contributed by atoms with van der Waals surface area (Å²) >= 11 is 0. The van der Waals surface area contributed by atoms with Crippen LogP contribution in [0.3, 0.4) is 0 Å². The molecule has 0 saturated heterocycles. The molecule has 3 N–H and O–H groups in total. The predicted octanol–water partition coefficient (Wildman–Crippen LogP) is 3.53. The third-order valence-corrected chi connectivity index (χ3v) is 4.11. The van der Waals surface area contributed by atoms with Gasteiger partial charge in [-0.3, -0.25) is 9.79 Å². The number of hydrogen-bond acceptors (Lipinski definition) is 2. The molecular weight excluding hydrogens is 300 g/mol. The lowest BCUT2D eigenvalue weighted by Crippen LogP contribution is -2.39. The fourth-order valence-electron chi connectivity index (χ4n) is 2.38. The zero-order valence-electron chi connectivity index (χ0n) is 15.5. The molecule has 1 rings (SSSR count). The van der Waals surface area contributed by atoms with Crippen molar-refractivity contribution in [3.05, 3.63) is 29.8 Å². The van der Waals surface area contributed by atoms with Gasteiger partial charge in [0.05, 0.1) is 0 Å². The van der Waals surface area contributed by atoms with Crippen molar-refractivity contribution in [1.29, 1.82) is 0 Å². The second kappa shape index (κ2) is 11.5. The van der Waals surface area contributed by atoms with E-state index >= 15 is 0 Å². The number of rotatable bonds is 9. The highest BCUT2D eigenvalue weighted by molar-refractivity contribution is 5.90. The summed E-state index contributed by atoms with van der Waals surface area (Å²) in [5, 5.41) is 9.59. The van der Waals surface area contributed by atoms with E-state index in [4.69, 9.17) is 0 Å². The van der Waals surface area contributed by atoms with Gasteiger partial charge in [-0.15, -0.1) is 0 Å². The molecular formula is C19H32N4O. The van der Waals surface area contributed by atoms with Crippen LogP contribution in [0.25, 0.3) is 0 Å². The zero-order valence-corrected chi connectivity index (χ0v) is 15.5. The molecule has 0 radical (unpaired) electrons. The van der Waals surface area contributed by atoms with Gasteiger partial charge < -0.3 is 16.0 Å². The van der Waals surface area contributed by atoms with Crippen LogP contribution in [0.1, 0.15) is 52.0 Å². The molecule has 5 nitrogen and oxygen atoms in total. The van der Waals surface area contributed by atoms with Gasteiger partial charge in [-0.25, -0.2) is 0 Å². The van der Waals surface area contributed by atoms with Crippen LogP contribution in [-0.2, 0) is 11.3 Å². The molecule has 0 atom stereocenters. The lowest BCUT2D eigenvalue weighted by molar-refractivity contribution is -0.116. The Morgan fingerprint density at radius 2 is 1.75 bits per heavy atom. The molecule has 134 valence electrons. The van der Waals surface area contributed by atoms with Crippen LogP contribution in [0, 0.1) is 5.92 Å². The number of benzene rings is 1. The van der Waals surface area contributed by atoms with Gasteiger partial charge in [0.25, 0.3) is 0 Å². The van der Waals surface area contributed by atoms with E-state index in [1.54, 1.807) is 7.05 Å². The number of carbonyl (C=O) groups is 1. The van der Waals surface area contributed by atoms with Gasteiger partial charge in [-0.1, -0.05) is 45.7 Å². The normalized spacial score (nSPS) is 11.5. The predicted molar refractivity (Wildman–Crippen MR) is 102 cm³/mol. The smallest absolute Gasteiger partial charge is 0.224 e. The van der Waals surface area contributed by atoms with Crippen LogP contribution < -0.4 is 16.0 Å². The fraction of sp³-hybridized carbons (Fsp3) is 0.579. The van der Waals surface area contributed by atoms with Crippen molar-refractivity contribution in [2.75, 3.05) is 18.9 Å². The molecule has 0 bridgehead atoms. The largest absolute Gasteiger partial charge is 0.356 e. The Balaban J connectivity index is 2.44. The highest BCUT2D eigenvalue weighted by Crippen LogP contribution is 2.10. The number of amides is 1. The number of hydrogen-bond donors (Lipinski definition) is 3. The average Bonchev–Trinajstić information content (AvgIpc) is 2.60. The van der Waals surface area contributed by atoms with E-state index in [0.29, 0.717) is 18.9 Å². The molecule has 5 heteroatoms. The van der Waals surface area contributed by atoms with Crippen LogP contribution in [0.2, 0.25) is 0 Å². The summed E-state index contributed by atoms with van der Waals surface area (Å²) in [7, 11) is 1.79. The minimum Gasteiger partial charge on any atom is -0.356 e. The Bertz CT molecular complexity index is 507. The van der Waals surface area contributed by atoms with E-state index < -0.39 is 0 Å². The maximum absolute atomic E-state index is 11.6. The van der Waals surface area contributed by atoms with Crippen molar-refractivity contribution >= 4 is 17.6 Å². The first kappa shape index (κ1) is 20.0. The van der Waals surface area contributed by atoms with Crippen molar-refractivity contribution in [2.45, 2.75) is 53.0 Å². The number of nitrogens with zero attached hydrogens (tertiary/aromatic N) is 1. The zero-order chi connectivity index (χ0) is 17.8. The number of nitrogens with one attached hydrogen (secondary N) is 3. The second-order valence-electron chi connectivity index (χ2n) is 5.98. The summed E-state index contributed by atoms with van der Waals surface area (Å²) in [6.07, 6.45) is 3.76. The summed E-state index contributed by atoms with van der Waals surface area (Å²) in [6, 6.07) is 7.90. The Morgan fingerprint density at radius 1 is 1.08 bits per heavy atom. The van der Waals surface area contributed by atoms with Gasteiger partial charge in [0.15, 0.2) is 5.96 Å². The standard InChI is InChI=1S/C19H32N4O/c1-5-8-18(24)23-17-11-9-16(10-12-17)14-22-19(20-4)21-13-15(6-2)7-3/h9-12,15H,5-8,13-14H2,1-4H3,(H,23,24)(H2,20,21,22). The quantitative estimate of drug-likeness (QED) is 0.479. The number of aliphatic imine (C=N–C) groups is 1. The average molecular weight is 332 g/mol. The van der Waals surface area contributed by atoms with Crippen molar-refractivity contribution in [2.24, 2.45) is 10.9 Å². The maximum Gasteiger partial charge on any atom is 0.224 e. The highest BCUT2D eigenvalue weighted by Gasteiger charge is 2.05. The lowest BCUT2D eigenvalue weighted by atomic mass is 10.0. The number of anilines is 1. The molecule has 1 aromatic rings. The van der Waals surface area contributed by atoms with Gasteiger partial charge in [0, 0.05) is 32.2 Å². The monoisotopic (exact) mass is 332 g/mol. The molecule has 0 aliphatic carbocycles. The molecule has 1 aromatic carbocycles. The van der Waals surface area contributed by atoms with Gasteiger partial charge in [-0.2, -0.15) is 0 Å². The maximum atomic E-state index is 11.6. The minimum absolute atomic E-state index is 0.0642. The minimum atomic E-state index is 0.0642. The van der Waals surface area contributed by atoms with Crippen molar-refractivity contribution < 1.29 is 4.79 Å². The van der Waals surface area contributed by atoms with E-state index in [9.17, 15) is 4.79 Å². The highest BCUT2D eigenvalue weighted by atomic mass is 16.1. The lowest BCUT2D eigenvalue weighted by Gasteiger charge is -2.16. The molecule has 0 aliphatic heterocycles. The third kappa shape index (κ3) is 7.49. The number of carbonyl (C=O) groups excluding carboxylic acids is 1.